The minimum Gasteiger partial charge on any atom is -0.394 e. The van der Waals surface area contributed by atoms with Gasteiger partial charge in [-0.1, -0.05) is 30.7 Å². The lowest BCUT2D eigenvalue weighted by Crippen LogP contribution is -2.37. The van der Waals surface area contributed by atoms with Crippen LogP contribution in [0.25, 0.3) is 0 Å². The number of aliphatic hydroxyl groups is 1. The molecule has 0 aliphatic heterocycles. The molecule has 0 aliphatic carbocycles. The van der Waals surface area contributed by atoms with Crippen LogP contribution < -0.4 is 5.32 Å². The molecule has 1 aromatic carbocycles. The quantitative estimate of drug-likeness (QED) is 0.758. The van der Waals surface area contributed by atoms with E-state index in [-0.39, 0.29) is 18.6 Å². The van der Waals surface area contributed by atoms with Crippen LogP contribution in [0.1, 0.15) is 19.8 Å². The molecule has 0 saturated heterocycles. The molecule has 5 heteroatoms. The molecule has 1 unspecified atom stereocenters. The Morgan fingerprint density at radius 3 is 2.83 bits per heavy atom. The van der Waals surface area contributed by atoms with Crippen molar-refractivity contribution in [2.45, 2.75) is 30.7 Å². The first-order valence-electron chi connectivity index (χ1n) is 5.95. The molecule has 1 atom stereocenters. The van der Waals surface area contributed by atoms with E-state index < -0.39 is 0 Å². The van der Waals surface area contributed by atoms with Gasteiger partial charge in [0, 0.05) is 17.1 Å². The Hall–Kier alpha value is -0.710. The number of carbonyl (C=O) groups excluding carboxylic acids is 1. The maximum absolute atomic E-state index is 11.6. The van der Waals surface area contributed by atoms with Crippen LogP contribution in [0.2, 0.25) is 5.02 Å². The zero-order valence-corrected chi connectivity index (χ0v) is 11.9. The fourth-order valence-corrected chi connectivity index (χ4v) is 2.58. The van der Waals surface area contributed by atoms with Gasteiger partial charge < -0.3 is 10.4 Å². The molecule has 0 saturated carbocycles. The zero-order valence-electron chi connectivity index (χ0n) is 10.4. The number of carbonyl (C=O) groups is 1. The molecule has 0 aromatic heterocycles. The summed E-state index contributed by atoms with van der Waals surface area (Å²) in [5.41, 5.74) is 0. The van der Waals surface area contributed by atoms with E-state index in [0.717, 1.165) is 11.3 Å². The first kappa shape index (κ1) is 15.3. The predicted octanol–water partition coefficient (Wildman–Crippen LogP) is 2.71. The van der Waals surface area contributed by atoms with E-state index in [9.17, 15) is 4.79 Å². The van der Waals surface area contributed by atoms with Gasteiger partial charge in [-0.15, -0.1) is 11.8 Å². The van der Waals surface area contributed by atoms with Crippen molar-refractivity contribution in [1.82, 2.24) is 5.32 Å². The molecular formula is C13H18ClNO2S. The highest BCUT2D eigenvalue weighted by molar-refractivity contribution is 7.99. The highest BCUT2D eigenvalue weighted by atomic mass is 35.5. The number of amides is 1. The summed E-state index contributed by atoms with van der Waals surface area (Å²) in [5.74, 6) is 0.646. The van der Waals surface area contributed by atoms with Gasteiger partial charge in [-0.05, 0) is 18.6 Å². The van der Waals surface area contributed by atoms with Gasteiger partial charge in [0.2, 0.25) is 5.91 Å². The Kier molecular flexibility index (Phi) is 7.16. The maximum Gasteiger partial charge on any atom is 0.221 e. The summed E-state index contributed by atoms with van der Waals surface area (Å²) in [6.45, 7) is 1.92. The molecule has 0 radical (unpaired) electrons. The van der Waals surface area contributed by atoms with Gasteiger partial charge in [-0.3, -0.25) is 4.79 Å². The lowest BCUT2D eigenvalue weighted by Gasteiger charge is -2.13. The zero-order chi connectivity index (χ0) is 13.4. The standard InChI is InChI=1S/C13H18ClNO2S/c1-2-10(9-16)15-13(17)7-8-18-12-6-4-3-5-11(12)14/h3-6,10,16H,2,7-9H2,1H3,(H,15,17). The van der Waals surface area contributed by atoms with Crippen molar-refractivity contribution < 1.29 is 9.90 Å². The Morgan fingerprint density at radius 2 is 2.22 bits per heavy atom. The van der Waals surface area contributed by atoms with Crippen LogP contribution in [-0.4, -0.2) is 29.4 Å². The SMILES string of the molecule is CCC(CO)NC(=O)CCSc1ccccc1Cl. The van der Waals surface area contributed by atoms with E-state index in [0.29, 0.717) is 17.2 Å². The van der Waals surface area contributed by atoms with E-state index in [4.69, 9.17) is 16.7 Å². The molecule has 0 bridgehead atoms. The summed E-state index contributed by atoms with van der Waals surface area (Å²) >= 11 is 7.58. The van der Waals surface area contributed by atoms with Crippen molar-refractivity contribution in [3.63, 3.8) is 0 Å². The summed E-state index contributed by atoms with van der Waals surface area (Å²) in [6, 6.07) is 7.44. The fourth-order valence-electron chi connectivity index (χ4n) is 1.39. The summed E-state index contributed by atoms with van der Waals surface area (Å²) in [4.78, 5) is 12.6. The van der Waals surface area contributed by atoms with Crippen LogP contribution in [0.3, 0.4) is 0 Å². The third kappa shape index (κ3) is 5.29. The van der Waals surface area contributed by atoms with Gasteiger partial charge in [-0.2, -0.15) is 0 Å². The van der Waals surface area contributed by atoms with Gasteiger partial charge in [-0.25, -0.2) is 0 Å². The third-order valence-corrected chi connectivity index (χ3v) is 4.02. The van der Waals surface area contributed by atoms with E-state index in [2.05, 4.69) is 5.32 Å². The third-order valence-electron chi connectivity index (χ3n) is 2.50. The summed E-state index contributed by atoms with van der Waals surface area (Å²) < 4.78 is 0. The lowest BCUT2D eigenvalue weighted by atomic mass is 10.2. The van der Waals surface area contributed by atoms with Crippen LogP contribution in [0.4, 0.5) is 0 Å². The number of hydrogen-bond donors (Lipinski definition) is 2. The second kappa shape index (κ2) is 8.40. The number of halogens is 1. The van der Waals surface area contributed by atoms with E-state index >= 15 is 0 Å². The Bertz CT molecular complexity index is 383. The molecule has 1 aromatic rings. The molecule has 1 amide bonds. The first-order valence-corrected chi connectivity index (χ1v) is 7.31. The Labute approximate surface area is 117 Å². The molecule has 2 N–H and O–H groups in total. The van der Waals surface area contributed by atoms with Gasteiger partial charge in [0.15, 0.2) is 0 Å². The van der Waals surface area contributed by atoms with Crippen LogP contribution in [0, 0.1) is 0 Å². The van der Waals surface area contributed by atoms with E-state index in [1.165, 1.54) is 0 Å². The highest BCUT2D eigenvalue weighted by Crippen LogP contribution is 2.26. The number of hydrogen-bond acceptors (Lipinski definition) is 3. The molecule has 18 heavy (non-hydrogen) atoms. The minimum atomic E-state index is -0.136. The number of aliphatic hydroxyl groups excluding tert-OH is 1. The molecule has 100 valence electrons. The lowest BCUT2D eigenvalue weighted by molar-refractivity contribution is -0.121. The van der Waals surface area contributed by atoms with Gasteiger partial charge in [0.25, 0.3) is 0 Å². The summed E-state index contributed by atoms with van der Waals surface area (Å²) in [6.07, 6.45) is 1.16. The average molecular weight is 288 g/mol. The Morgan fingerprint density at radius 1 is 1.50 bits per heavy atom. The number of thioether (sulfide) groups is 1. The highest BCUT2D eigenvalue weighted by Gasteiger charge is 2.09. The van der Waals surface area contributed by atoms with Crippen LogP contribution in [0.15, 0.2) is 29.2 Å². The maximum atomic E-state index is 11.6. The Balaban J connectivity index is 2.29. The molecule has 0 heterocycles. The first-order chi connectivity index (χ1) is 8.67. The van der Waals surface area contributed by atoms with Crippen LogP contribution >= 0.6 is 23.4 Å². The number of nitrogens with one attached hydrogen (secondary N) is 1. The second-order valence-corrected chi connectivity index (χ2v) is 5.43. The monoisotopic (exact) mass is 287 g/mol. The molecule has 1 rings (SSSR count). The molecule has 0 fully saturated rings. The minimum absolute atomic E-state index is 0.0140. The van der Waals surface area contributed by atoms with Crippen molar-refractivity contribution >= 4 is 29.3 Å². The average Bonchev–Trinajstić information content (AvgIpc) is 2.38. The second-order valence-electron chi connectivity index (χ2n) is 3.88. The van der Waals surface area contributed by atoms with Crippen molar-refractivity contribution in [3.05, 3.63) is 29.3 Å². The number of rotatable bonds is 7. The topological polar surface area (TPSA) is 49.3 Å². The van der Waals surface area contributed by atoms with Gasteiger partial charge in [0.05, 0.1) is 17.7 Å². The normalized spacial score (nSPS) is 12.2. The fraction of sp³-hybridized carbons (Fsp3) is 0.462. The van der Waals surface area contributed by atoms with Crippen molar-refractivity contribution in [2.24, 2.45) is 0 Å². The predicted molar refractivity (Wildman–Crippen MR) is 76.1 cm³/mol. The largest absolute Gasteiger partial charge is 0.394 e. The van der Waals surface area contributed by atoms with Crippen LogP contribution in [0.5, 0.6) is 0 Å². The van der Waals surface area contributed by atoms with E-state index in [1.54, 1.807) is 11.8 Å². The summed E-state index contributed by atoms with van der Waals surface area (Å²) in [7, 11) is 0. The van der Waals surface area contributed by atoms with E-state index in [1.807, 2.05) is 31.2 Å². The molecule has 0 spiro atoms. The van der Waals surface area contributed by atoms with Crippen molar-refractivity contribution in [3.8, 4) is 0 Å². The molecule has 0 aliphatic rings. The molecule has 3 nitrogen and oxygen atoms in total. The smallest absolute Gasteiger partial charge is 0.221 e. The molecular weight excluding hydrogens is 270 g/mol. The summed E-state index contributed by atoms with van der Waals surface area (Å²) in [5, 5.41) is 12.5. The van der Waals surface area contributed by atoms with Gasteiger partial charge >= 0.3 is 0 Å². The number of benzene rings is 1. The van der Waals surface area contributed by atoms with Crippen LogP contribution in [-0.2, 0) is 4.79 Å². The van der Waals surface area contributed by atoms with Crippen molar-refractivity contribution in [2.75, 3.05) is 12.4 Å². The van der Waals surface area contributed by atoms with Gasteiger partial charge in [0.1, 0.15) is 0 Å². The van der Waals surface area contributed by atoms with Crippen molar-refractivity contribution in [1.29, 1.82) is 0 Å².